The van der Waals surface area contributed by atoms with Crippen LogP contribution in [0.25, 0.3) is 10.9 Å². The molecule has 2 heterocycles. The van der Waals surface area contributed by atoms with Gasteiger partial charge in [-0.3, -0.25) is 28.9 Å². The van der Waals surface area contributed by atoms with E-state index < -0.39 is 60.2 Å². The van der Waals surface area contributed by atoms with Gasteiger partial charge in [0.1, 0.15) is 30.7 Å². The molecular weight excluding hydrogens is 564 g/mol. The van der Waals surface area contributed by atoms with Crippen molar-refractivity contribution >= 4 is 46.5 Å². The Labute approximate surface area is 248 Å². The van der Waals surface area contributed by atoms with E-state index in [9.17, 15) is 28.8 Å². The van der Waals surface area contributed by atoms with E-state index in [-0.39, 0.29) is 44.2 Å². The maximum atomic E-state index is 13.5. The summed E-state index contributed by atoms with van der Waals surface area (Å²) in [4.78, 5) is 79.1. The lowest BCUT2D eigenvalue weighted by molar-refractivity contribution is -0.142. The number of nitrogens with zero attached hydrogens (tertiary/aromatic N) is 1. The van der Waals surface area contributed by atoms with Crippen molar-refractivity contribution in [1.82, 2.24) is 20.5 Å². The van der Waals surface area contributed by atoms with E-state index in [1.807, 2.05) is 13.8 Å². The number of hydrogen-bond acceptors (Lipinski definition) is 9. The van der Waals surface area contributed by atoms with Crippen LogP contribution in [-0.4, -0.2) is 96.1 Å². The molecule has 3 rings (SSSR count). The molecule has 0 unspecified atom stereocenters. The van der Waals surface area contributed by atoms with Crippen LogP contribution in [0.3, 0.4) is 0 Å². The third-order valence-electron chi connectivity index (χ3n) is 7.04. The monoisotopic (exact) mass is 602 g/mol. The lowest BCUT2D eigenvalue weighted by atomic mass is 9.95. The number of ketones is 1. The Morgan fingerprint density at radius 1 is 1.12 bits per heavy atom. The van der Waals surface area contributed by atoms with E-state index in [4.69, 9.17) is 14.6 Å². The number of carbonyl (C=O) groups is 6. The van der Waals surface area contributed by atoms with Crippen molar-refractivity contribution in [3.63, 3.8) is 0 Å². The molecule has 43 heavy (non-hydrogen) atoms. The summed E-state index contributed by atoms with van der Waals surface area (Å²) >= 11 is 0. The molecule has 1 aliphatic rings. The Morgan fingerprint density at radius 2 is 1.86 bits per heavy atom. The van der Waals surface area contributed by atoms with E-state index in [0.717, 1.165) is 4.90 Å². The summed E-state index contributed by atoms with van der Waals surface area (Å²) in [6, 6.07) is 4.76. The fourth-order valence-corrected chi connectivity index (χ4v) is 4.93. The van der Waals surface area contributed by atoms with Crippen LogP contribution >= 0.6 is 0 Å². The van der Waals surface area contributed by atoms with E-state index in [1.54, 1.807) is 24.3 Å². The van der Waals surface area contributed by atoms with Crippen LogP contribution in [0.15, 0.2) is 24.3 Å². The van der Waals surface area contributed by atoms with Crippen LogP contribution in [0, 0.1) is 11.8 Å². The maximum absolute atomic E-state index is 13.5. The highest BCUT2D eigenvalue weighted by atomic mass is 16.7. The first-order chi connectivity index (χ1) is 20.4. The predicted octanol–water partition coefficient (Wildman–Crippen LogP) is 1.87. The van der Waals surface area contributed by atoms with Crippen molar-refractivity contribution in [3.05, 3.63) is 30.0 Å². The highest BCUT2D eigenvalue weighted by Crippen LogP contribution is 2.26. The number of rotatable bonds is 15. The predicted molar refractivity (Wildman–Crippen MR) is 152 cm³/mol. The molecule has 14 heteroatoms. The van der Waals surface area contributed by atoms with E-state index in [1.165, 1.54) is 14.0 Å². The normalized spacial score (nSPS) is 16.2. The highest BCUT2D eigenvalue weighted by Gasteiger charge is 2.38. The maximum Gasteiger partial charge on any atom is 0.505 e. The first-order valence-corrected chi connectivity index (χ1v) is 14.0. The van der Waals surface area contributed by atoms with Gasteiger partial charge in [-0.15, -0.1) is 0 Å². The second-order valence-corrected chi connectivity index (χ2v) is 10.7. The number of likely N-dealkylation sites (tertiary alicyclic amines) is 1. The van der Waals surface area contributed by atoms with Gasteiger partial charge in [-0.2, -0.15) is 0 Å². The van der Waals surface area contributed by atoms with Crippen LogP contribution < -0.4 is 15.4 Å². The number of amides is 4. The van der Waals surface area contributed by atoms with Crippen LogP contribution in [-0.2, 0) is 28.7 Å². The number of aromatic nitrogens is 1. The van der Waals surface area contributed by atoms with Crippen molar-refractivity contribution < 1.29 is 48.1 Å². The molecule has 4 amide bonds. The molecule has 234 valence electrons. The van der Waals surface area contributed by atoms with Gasteiger partial charge in [0.15, 0.2) is 5.78 Å². The van der Waals surface area contributed by atoms with Crippen molar-refractivity contribution in [2.45, 2.75) is 52.1 Å². The largest absolute Gasteiger partial charge is 0.505 e. The molecule has 0 spiro atoms. The number of methoxy groups -OCH3 is 1. The van der Waals surface area contributed by atoms with E-state index in [0.29, 0.717) is 23.1 Å². The number of hydrogen-bond donors (Lipinski definition) is 4. The molecular formula is C29H38N4O10. The summed E-state index contributed by atoms with van der Waals surface area (Å²) in [6.45, 7) is 4.27. The zero-order chi connectivity index (χ0) is 31.7. The summed E-state index contributed by atoms with van der Waals surface area (Å²) in [7, 11) is 1.52. The van der Waals surface area contributed by atoms with Gasteiger partial charge in [0, 0.05) is 30.3 Å². The Morgan fingerprint density at radius 3 is 2.49 bits per heavy atom. The van der Waals surface area contributed by atoms with Crippen molar-refractivity contribution in [2.75, 3.05) is 33.5 Å². The first-order valence-electron chi connectivity index (χ1n) is 14.0. The minimum Gasteiger partial charge on any atom is -0.496 e. The van der Waals surface area contributed by atoms with Crippen LogP contribution in [0.5, 0.6) is 5.75 Å². The average molecular weight is 603 g/mol. The molecule has 14 nitrogen and oxygen atoms in total. The van der Waals surface area contributed by atoms with E-state index >= 15 is 0 Å². The topological polar surface area (TPSA) is 193 Å². The Hall–Kier alpha value is -4.46. The molecule has 1 saturated heterocycles. The Bertz CT molecular complexity index is 1350. The highest BCUT2D eigenvalue weighted by molar-refractivity contribution is 6.02. The number of H-pyrrole nitrogens is 1. The SMILES string of the molecule is COc1cccc2[nH]c(C(=O)N[C@@H](CC(C)C)C(=O)N[C@@H](C[C@@H]3CCN(C(C)=O)C3=O)C(=O)COCCOC(=O)O)cc12. The molecule has 0 aliphatic carbocycles. The molecule has 4 N–H and O–H groups in total. The summed E-state index contributed by atoms with van der Waals surface area (Å²) < 4.78 is 14.9. The lowest BCUT2D eigenvalue weighted by Gasteiger charge is -2.25. The number of Topliss-reactive ketones (excluding diaryl/α,β-unsaturated/α-hetero) is 1. The number of carboxylic acid groups (broad SMARTS) is 1. The molecule has 0 bridgehead atoms. The van der Waals surface area contributed by atoms with Gasteiger partial charge in [0.2, 0.25) is 17.7 Å². The zero-order valence-corrected chi connectivity index (χ0v) is 24.6. The molecule has 1 aromatic heterocycles. The van der Waals surface area contributed by atoms with Crippen LogP contribution in [0.4, 0.5) is 4.79 Å². The summed E-state index contributed by atoms with van der Waals surface area (Å²) in [5.41, 5.74) is 0.890. The number of carbonyl (C=O) groups excluding carboxylic acids is 5. The number of aromatic amines is 1. The molecule has 0 radical (unpaired) electrons. The first kappa shape index (κ1) is 33.0. The van der Waals surface area contributed by atoms with Gasteiger partial charge in [-0.1, -0.05) is 19.9 Å². The summed E-state index contributed by atoms with van der Waals surface area (Å²) in [6.07, 6.45) is -0.987. The second kappa shape index (κ2) is 15.1. The van der Waals surface area contributed by atoms with Crippen molar-refractivity contribution in [1.29, 1.82) is 0 Å². The number of fused-ring (bicyclic) bond motifs is 1. The fraction of sp³-hybridized carbons (Fsp3) is 0.517. The lowest BCUT2D eigenvalue weighted by Crippen LogP contribution is -2.53. The van der Waals surface area contributed by atoms with Crippen LogP contribution in [0.2, 0.25) is 0 Å². The molecule has 2 aromatic rings. The molecule has 0 saturated carbocycles. The van der Waals surface area contributed by atoms with Gasteiger partial charge in [0.05, 0.1) is 19.8 Å². The zero-order valence-electron chi connectivity index (χ0n) is 24.6. The van der Waals surface area contributed by atoms with Gasteiger partial charge >= 0.3 is 6.16 Å². The minimum atomic E-state index is -1.49. The summed E-state index contributed by atoms with van der Waals surface area (Å²) in [5, 5.41) is 14.7. The Balaban J connectivity index is 1.75. The molecule has 1 aliphatic heterocycles. The van der Waals surface area contributed by atoms with Crippen molar-refractivity contribution in [3.8, 4) is 5.75 Å². The van der Waals surface area contributed by atoms with Crippen molar-refractivity contribution in [2.24, 2.45) is 11.8 Å². The Kier molecular flexibility index (Phi) is 11.6. The molecule has 1 fully saturated rings. The van der Waals surface area contributed by atoms with Gasteiger partial charge < -0.3 is 34.9 Å². The van der Waals surface area contributed by atoms with E-state index in [2.05, 4.69) is 20.4 Å². The van der Waals surface area contributed by atoms with Crippen LogP contribution in [0.1, 0.15) is 50.5 Å². The van der Waals surface area contributed by atoms with Gasteiger partial charge in [-0.25, -0.2) is 4.79 Å². The molecule has 3 atom stereocenters. The second-order valence-electron chi connectivity index (χ2n) is 10.7. The summed E-state index contributed by atoms with van der Waals surface area (Å²) in [5.74, 6) is -2.68. The number of benzene rings is 1. The van der Waals surface area contributed by atoms with Gasteiger partial charge in [-0.05, 0) is 43.4 Å². The molecule has 1 aromatic carbocycles. The number of nitrogens with one attached hydrogen (secondary N) is 3. The third kappa shape index (κ3) is 9.01. The average Bonchev–Trinajstić information content (AvgIpc) is 3.55. The number of imide groups is 1. The van der Waals surface area contributed by atoms with Gasteiger partial charge in [0.25, 0.3) is 5.91 Å². The smallest absolute Gasteiger partial charge is 0.496 e. The standard InChI is InChI=1S/C29H38N4O10/c1-16(2)12-22(32-27(37)23-14-19-20(30-23)6-5-7-25(19)41-4)26(36)31-21(24(35)15-42-10-11-43-29(39)40)13-18-8-9-33(17(3)34)28(18)38/h5-7,14,16,18,21-22,30H,8-13,15H2,1-4H3,(H,31,36)(H,32,37)(H,39,40)/t18-,21-,22-/m0/s1. The fourth-order valence-electron chi connectivity index (χ4n) is 4.93. The quantitative estimate of drug-likeness (QED) is 0.173. The number of ether oxygens (including phenoxy) is 3. The third-order valence-corrected chi connectivity index (χ3v) is 7.04. The minimum absolute atomic E-state index is 0.00823.